The van der Waals surface area contributed by atoms with Gasteiger partial charge in [-0.2, -0.15) is 11.3 Å². The van der Waals surface area contributed by atoms with Gasteiger partial charge in [0.2, 0.25) is 5.91 Å². The van der Waals surface area contributed by atoms with E-state index in [1.165, 1.54) is 18.4 Å². The van der Waals surface area contributed by atoms with Crippen LogP contribution in [0.3, 0.4) is 0 Å². The molecule has 2 heterocycles. The van der Waals surface area contributed by atoms with E-state index in [1.807, 2.05) is 11.8 Å². The van der Waals surface area contributed by atoms with E-state index in [4.69, 9.17) is 4.74 Å². The number of amides is 1. The number of carbonyl (C=O) groups excluding carboxylic acids is 1. The maximum atomic E-state index is 12.4. The van der Waals surface area contributed by atoms with Gasteiger partial charge in [-0.3, -0.25) is 10.1 Å². The predicted molar refractivity (Wildman–Crippen MR) is 79.5 cm³/mol. The molecule has 0 bridgehead atoms. The number of thiophene rings is 1. The maximum absolute atomic E-state index is 12.4. The first kappa shape index (κ1) is 14.0. The van der Waals surface area contributed by atoms with Gasteiger partial charge in [-0.15, -0.1) is 0 Å². The number of nitrogens with zero attached hydrogens (tertiary/aromatic N) is 1. The molecule has 0 radical (unpaired) electrons. The number of hydrogen-bond donors (Lipinski definition) is 1. The summed E-state index contributed by atoms with van der Waals surface area (Å²) in [5, 5.41) is 7.60. The van der Waals surface area contributed by atoms with Crippen molar-refractivity contribution < 1.29 is 9.53 Å². The molecule has 1 saturated heterocycles. The molecular formula is C15H22N2O2S. The molecule has 1 aliphatic carbocycles. The van der Waals surface area contributed by atoms with Crippen molar-refractivity contribution in [3.8, 4) is 0 Å². The SMILES string of the molecule is CCC1NC(c2ccsc2)N(CCOCC2CC2)C1=O. The van der Waals surface area contributed by atoms with E-state index in [-0.39, 0.29) is 18.1 Å². The molecule has 3 rings (SSSR count). The van der Waals surface area contributed by atoms with Crippen LogP contribution in [-0.2, 0) is 9.53 Å². The monoisotopic (exact) mass is 294 g/mol. The normalized spacial score (nSPS) is 26.4. The predicted octanol–water partition coefficient (Wildman–Crippen LogP) is 2.38. The fourth-order valence-corrected chi connectivity index (χ4v) is 3.29. The molecule has 20 heavy (non-hydrogen) atoms. The summed E-state index contributed by atoms with van der Waals surface area (Å²) < 4.78 is 5.68. The Hall–Kier alpha value is -0.910. The molecule has 5 heteroatoms. The Morgan fingerprint density at radius 1 is 1.50 bits per heavy atom. The van der Waals surface area contributed by atoms with E-state index in [1.54, 1.807) is 11.3 Å². The Morgan fingerprint density at radius 2 is 2.35 bits per heavy atom. The van der Waals surface area contributed by atoms with Crippen LogP contribution < -0.4 is 5.32 Å². The second-order valence-corrected chi connectivity index (χ2v) is 6.42. The number of ether oxygens (including phenoxy) is 1. The van der Waals surface area contributed by atoms with Gasteiger partial charge < -0.3 is 9.64 Å². The summed E-state index contributed by atoms with van der Waals surface area (Å²) in [6, 6.07) is 2.04. The van der Waals surface area contributed by atoms with Crippen LogP contribution in [0.4, 0.5) is 0 Å². The molecule has 1 saturated carbocycles. The fraction of sp³-hybridized carbons (Fsp3) is 0.667. The summed E-state index contributed by atoms with van der Waals surface area (Å²) in [4.78, 5) is 14.3. The first-order chi connectivity index (χ1) is 9.79. The molecule has 0 spiro atoms. The lowest BCUT2D eigenvalue weighted by atomic mass is 10.2. The highest BCUT2D eigenvalue weighted by Crippen LogP contribution is 2.29. The molecule has 0 aromatic carbocycles. The smallest absolute Gasteiger partial charge is 0.241 e. The maximum Gasteiger partial charge on any atom is 0.241 e. The van der Waals surface area contributed by atoms with Gasteiger partial charge in [0.05, 0.1) is 12.6 Å². The third kappa shape index (κ3) is 3.05. The minimum absolute atomic E-state index is 0.0169. The number of carbonyl (C=O) groups is 1. The first-order valence-electron chi connectivity index (χ1n) is 7.46. The zero-order valence-corrected chi connectivity index (χ0v) is 12.7. The van der Waals surface area contributed by atoms with E-state index in [0.29, 0.717) is 13.2 Å². The summed E-state index contributed by atoms with van der Waals surface area (Å²) in [6.45, 7) is 4.22. The Balaban J connectivity index is 1.59. The summed E-state index contributed by atoms with van der Waals surface area (Å²) in [7, 11) is 0. The second kappa shape index (κ2) is 6.24. The first-order valence-corrected chi connectivity index (χ1v) is 8.40. The van der Waals surface area contributed by atoms with Gasteiger partial charge in [0.15, 0.2) is 0 Å². The largest absolute Gasteiger partial charge is 0.379 e. The van der Waals surface area contributed by atoms with Crippen LogP contribution >= 0.6 is 11.3 Å². The standard InChI is InChI=1S/C15H22N2O2S/c1-2-13-15(18)17(6-7-19-9-11-3-4-11)14(16-13)12-5-8-20-10-12/h5,8,10-11,13-14,16H,2-4,6-7,9H2,1H3. The third-order valence-electron chi connectivity index (χ3n) is 4.05. The highest BCUT2D eigenvalue weighted by Gasteiger charge is 2.38. The van der Waals surface area contributed by atoms with Crippen molar-refractivity contribution in [1.29, 1.82) is 0 Å². The summed E-state index contributed by atoms with van der Waals surface area (Å²) >= 11 is 1.67. The lowest BCUT2D eigenvalue weighted by Gasteiger charge is -2.23. The van der Waals surface area contributed by atoms with Crippen LogP contribution in [0, 0.1) is 5.92 Å². The van der Waals surface area contributed by atoms with Crippen molar-refractivity contribution in [2.75, 3.05) is 19.8 Å². The number of hydrogen-bond acceptors (Lipinski definition) is 4. The van der Waals surface area contributed by atoms with Crippen molar-refractivity contribution in [2.45, 2.75) is 38.4 Å². The highest BCUT2D eigenvalue weighted by atomic mass is 32.1. The van der Waals surface area contributed by atoms with E-state index >= 15 is 0 Å². The Morgan fingerprint density at radius 3 is 3.00 bits per heavy atom. The summed E-state index contributed by atoms with van der Waals surface area (Å²) in [5.41, 5.74) is 1.18. The molecule has 1 amide bonds. The van der Waals surface area contributed by atoms with Crippen molar-refractivity contribution in [3.05, 3.63) is 22.4 Å². The van der Waals surface area contributed by atoms with E-state index < -0.39 is 0 Å². The van der Waals surface area contributed by atoms with Crippen LogP contribution in [0.15, 0.2) is 16.8 Å². The Labute approximate surface area is 124 Å². The van der Waals surface area contributed by atoms with Gasteiger partial charge >= 0.3 is 0 Å². The fourth-order valence-electron chi connectivity index (χ4n) is 2.62. The lowest BCUT2D eigenvalue weighted by molar-refractivity contribution is -0.130. The zero-order chi connectivity index (χ0) is 13.9. The molecule has 110 valence electrons. The van der Waals surface area contributed by atoms with Gasteiger partial charge in [-0.25, -0.2) is 0 Å². The molecular weight excluding hydrogens is 272 g/mol. The van der Waals surface area contributed by atoms with Crippen LogP contribution in [-0.4, -0.2) is 36.6 Å². The molecule has 2 atom stereocenters. The van der Waals surface area contributed by atoms with Crippen LogP contribution in [0.25, 0.3) is 0 Å². The molecule has 1 aromatic heterocycles. The quantitative estimate of drug-likeness (QED) is 0.785. The third-order valence-corrected chi connectivity index (χ3v) is 4.75. The van der Waals surface area contributed by atoms with Crippen molar-refractivity contribution in [1.82, 2.24) is 10.2 Å². The van der Waals surface area contributed by atoms with E-state index in [0.717, 1.165) is 18.9 Å². The van der Waals surface area contributed by atoms with Crippen LogP contribution in [0.1, 0.15) is 37.9 Å². The minimum Gasteiger partial charge on any atom is -0.379 e. The van der Waals surface area contributed by atoms with Gasteiger partial charge in [-0.05, 0) is 47.6 Å². The lowest BCUT2D eigenvalue weighted by Crippen LogP contribution is -2.34. The average Bonchev–Trinajstić information content (AvgIpc) is 3.01. The minimum atomic E-state index is -0.0525. The topological polar surface area (TPSA) is 41.6 Å². The van der Waals surface area contributed by atoms with Crippen LogP contribution in [0.2, 0.25) is 0 Å². The number of nitrogens with one attached hydrogen (secondary N) is 1. The average molecular weight is 294 g/mol. The zero-order valence-electron chi connectivity index (χ0n) is 11.9. The summed E-state index contributed by atoms with van der Waals surface area (Å²) in [6.07, 6.45) is 3.46. The molecule has 4 nitrogen and oxygen atoms in total. The number of rotatable bonds is 7. The van der Waals surface area contributed by atoms with Crippen molar-refractivity contribution in [3.63, 3.8) is 0 Å². The molecule has 2 aliphatic rings. The van der Waals surface area contributed by atoms with Crippen LogP contribution in [0.5, 0.6) is 0 Å². The summed E-state index contributed by atoms with van der Waals surface area (Å²) in [5.74, 6) is 0.984. The second-order valence-electron chi connectivity index (χ2n) is 5.64. The molecule has 2 unspecified atom stereocenters. The molecule has 1 aliphatic heterocycles. The molecule has 1 N–H and O–H groups in total. The van der Waals surface area contributed by atoms with Crippen molar-refractivity contribution in [2.24, 2.45) is 5.92 Å². The van der Waals surface area contributed by atoms with Crippen molar-refractivity contribution >= 4 is 17.2 Å². The highest BCUT2D eigenvalue weighted by molar-refractivity contribution is 7.07. The molecule has 2 fully saturated rings. The van der Waals surface area contributed by atoms with E-state index in [2.05, 4.69) is 22.1 Å². The van der Waals surface area contributed by atoms with Gasteiger partial charge in [0.25, 0.3) is 0 Å². The van der Waals surface area contributed by atoms with E-state index in [9.17, 15) is 4.79 Å². The Kier molecular flexibility index (Phi) is 4.38. The van der Waals surface area contributed by atoms with Gasteiger partial charge in [0.1, 0.15) is 6.17 Å². The Bertz CT molecular complexity index is 445. The van der Waals surface area contributed by atoms with Gasteiger partial charge in [0, 0.05) is 13.2 Å². The van der Waals surface area contributed by atoms with Gasteiger partial charge in [-0.1, -0.05) is 6.92 Å². The molecule has 1 aromatic rings.